The molecule has 2 aromatic carbocycles. The lowest BCUT2D eigenvalue weighted by Gasteiger charge is -2.39. The number of hydrogen-bond acceptors (Lipinski definition) is 13. The maximum atomic E-state index is 13.8. The summed E-state index contributed by atoms with van der Waals surface area (Å²) in [6, 6.07) is 9.31. The van der Waals surface area contributed by atoms with Gasteiger partial charge in [-0.25, -0.2) is 0 Å². The largest absolute Gasteiger partial charge is 0.497 e. The topological polar surface area (TPSA) is 198 Å². The molecule has 3 aromatic rings. The van der Waals surface area contributed by atoms with Crippen LogP contribution in [0.3, 0.4) is 0 Å². The molecule has 0 saturated carbocycles. The zero-order valence-corrected chi connectivity index (χ0v) is 22.4. The second-order valence-electron chi connectivity index (χ2n) is 10.1. The van der Waals surface area contributed by atoms with E-state index in [9.17, 15) is 35.4 Å². The lowest BCUT2D eigenvalue weighted by atomic mass is 10.00. The Morgan fingerprint density at radius 3 is 1.83 bits per heavy atom. The van der Waals surface area contributed by atoms with E-state index in [1.165, 1.54) is 39.4 Å². The van der Waals surface area contributed by atoms with Gasteiger partial charge in [0.15, 0.2) is 0 Å². The van der Waals surface area contributed by atoms with Gasteiger partial charge in [0.05, 0.1) is 24.9 Å². The van der Waals surface area contributed by atoms with E-state index in [4.69, 9.17) is 28.1 Å². The first-order valence-corrected chi connectivity index (χ1v) is 13.0. The summed E-state index contributed by atoms with van der Waals surface area (Å²) in [6.07, 6.45) is -12.6. The van der Waals surface area contributed by atoms with Gasteiger partial charge in [0.25, 0.3) is 0 Å². The molecular weight excluding hydrogens is 544 g/mol. The van der Waals surface area contributed by atoms with Crippen LogP contribution in [0.2, 0.25) is 0 Å². The number of methoxy groups -OCH3 is 1. The first-order valence-electron chi connectivity index (χ1n) is 13.0. The maximum absolute atomic E-state index is 13.8. The van der Waals surface area contributed by atoms with E-state index in [2.05, 4.69) is 0 Å². The standard InChI is InChI=1S/C28H32O13/c1-11-20(29)23(32)25(34)27(38-11)40-15-8-17-19(18(9-15)41-28-26(35)24(33)21(30)12(2)39-28)22(31)16(10-37-17)13-4-6-14(36-3)7-5-13/h4-12,20-21,23-30,32-35H,1-3H3/t11?,12?,20-,21-,23?,24?,25-,26-,27-,28-/m0/s1. The Labute approximate surface area is 233 Å². The summed E-state index contributed by atoms with van der Waals surface area (Å²) in [6.45, 7) is 2.97. The second-order valence-corrected chi connectivity index (χ2v) is 10.1. The highest BCUT2D eigenvalue weighted by atomic mass is 16.7. The van der Waals surface area contributed by atoms with Crippen molar-refractivity contribution < 1.29 is 58.7 Å². The summed E-state index contributed by atoms with van der Waals surface area (Å²) in [5, 5.41) is 61.4. The monoisotopic (exact) mass is 576 g/mol. The Kier molecular flexibility index (Phi) is 8.23. The van der Waals surface area contributed by atoms with Crippen LogP contribution in [-0.2, 0) is 9.47 Å². The van der Waals surface area contributed by atoms with Gasteiger partial charge in [0.2, 0.25) is 18.0 Å². The molecule has 222 valence electrons. The summed E-state index contributed by atoms with van der Waals surface area (Å²) >= 11 is 0. The molecule has 1 aromatic heterocycles. The number of fused-ring (bicyclic) bond motifs is 1. The van der Waals surface area contributed by atoms with Gasteiger partial charge in [-0.15, -0.1) is 0 Å². The molecule has 0 bridgehead atoms. The van der Waals surface area contributed by atoms with Crippen LogP contribution >= 0.6 is 0 Å². The number of ether oxygens (including phenoxy) is 5. The Balaban J connectivity index is 1.58. The molecule has 5 rings (SSSR count). The highest BCUT2D eigenvalue weighted by Gasteiger charge is 2.44. The van der Waals surface area contributed by atoms with E-state index in [0.717, 1.165) is 0 Å². The van der Waals surface area contributed by atoms with E-state index in [1.54, 1.807) is 24.3 Å². The lowest BCUT2D eigenvalue weighted by molar-refractivity contribution is -0.269. The molecule has 2 saturated heterocycles. The highest BCUT2D eigenvalue weighted by molar-refractivity contribution is 5.88. The van der Waals surface area contributed by atoms with Crippen LogP contribution in [0.25, 0.3) is 22.1 Å². The molecule has 0 amide bonds. The molecule has 0 aliphatic carbocycles. The molecule has 3 heterocycles. The third kappa shape index (κ3) is 5.50. The number of hydrogen-bond donors (Lipinski definition) is 6. The van der Waals surface area contributed by atoms with Crippen LogP contribution in [0.1, 0.15) is 13.8 Å². The van der Waals surface area contributed by atoms with E-state index in [1.807, 2.05) is 0 Å². The minimum Gasteiger partial charge on any atom is -0.497 e. The van der Waals surface area contributed by atoms with Crippen LogP contribution in [0.15, 0.2) is 51.9 Å². The minimum atomic E-state index is -1.68. The van der Waals surface area contributed by atoms with Crippen molar-refractivity contribution in [3.63, 3.8) is 0 Å². The molecule has 0 spiro atoms. The zero-order valence-electron chi connectivity index (χ0n) is 22.4. The van der Waals surface area contributed by atoms with Crippen LogP contribution in [0.5, 0.6) is 17.2 Å². The van der Waals surface area contributed by atoms with Gasteiger partial charge in [0, 0.05) is 12.1 Å². The number of aliphatic hydroxyl groups excluding tert-OH is 6. The molecule has 0 radical (unpaired) electrons. The summed E-state index contributed by atoms with van der Waals surface area (Å²) < 4.78 is 33.7. The van der Waals surface area contributed by atoms with Crippen LogP contribution in [0.4, 0.5) is 0 Å². The summed E-state index contributed by atoms with van der Waals surface area (Å²) in [5.74, 6) is 0.397. The Hall–Kier alpha value is -3.27. The van der Waals surface area contributed by atoms with Gasteiger partial charge >= 0.3 is 0 Å². The number of benzene rings is 2. The van der Waals surface area contributed by atoms with Crippen molar-refractivity contribution in [3.05, 3.63) is 52.9 Å². The third-order valence-corrected chi connectivity index (χ3v) is 7.33. The van der Waals surface area contributed by atoms with Gasteiger partial charge < -0.3 is 58.7 Å². The van der Waals surface area contributed by atoms with Gasteiger partial charge in [0.1, 0.15) is 71.1 Å². The molecule has 10 atom stereocenters. The van der Waals surface area contributed by atoms with E-state index in [-0.39, 0.29) is 28.0 Å². The predicted molar refractivity (Wildman–Crippen MR) is 140 cm³/mol. The summed E-state index contributed by atoms with van der Waals surface area (Å²) in [5.41, 5.74) is 0.203. The Bertz CT molecular complexity index is 1420. The third-order valence-electron chi connectivity index (χ3n) is 7.33. The van der Waals surface area contributed by atoms with Crippen molar-refractivity contribution in [2.75, 3.05) is 7.11 Å². The predicted octanol–water partition coefficient (Wildman–Crippen LogP) is -0.119. The number of aliphatic hydroxyl groups is 6. The maximum Gasteiger partial charge on any atom is 0.229 e. The molecule has 2 fully saturated rings. The molecular formula is C28H32O13. The second kappa shape index (κ2) is 11.5. The number of rotatable bonds is 6. The van der Waals surface area contributed by atoms with Crippen molar-refractivity contribution in [1.29, 1.82) is 0 Å². The lowest BCUT2D eigenvalue weighted by Crippen LogP contribution is -2.58. The van der Waals surface area contributed by atoms with Crippen LogP contribution < -0.4 is 19.6 Å². The van der Waals surface area contributed by atoms with Crippen LogP contribution in [0, 0.1) is 0 Å². The van der Waals surface area contributed by atoms with E-state index < -0.39 is 66.8 Å². The molecule has 2 aliphatic heterocycles. The summed E-state index contributed by atoms with van der Waals surface area (Å²) in [4.78, 5) is 13.8. The summed E-state index contributed by atoms with van der Waals surface area (Å²) in [7, 11) is 1.52. The molecule has 13 nitrogen and oxygen atoms in total. The first-order chi connectivity index (χ1) is 19.5. The van der Waals surface area contributed by atoms with Crippen molar-refractivity contribution in [3.8, 4) is 28.4 Å². The van der Waals surface area contributed by atoms with Crippen LogP contribution in [-0.4, -0.2) is 99.2 Å². The Morgan fingerprint density at radius 2 is 1.27 bits per heavy atom. The molecule has 2 aliphatic rings. The van der Waals surface area contributed by atoms with Crippen molar-refractivity contribution in [1.82, 2.24) is 0 Å². The molecule has 41 heavy (non-hydrogen) atoms. The molecule has 13 heteroatoms. The van der Waals surface area contributed by atoms with E-state index >= 15 is 0 Å². The van der Waals surface area contributed by atoms with E-state index in [0.29, 0.717) is 11.3 Å². The van der Waals surface area contributed by atoms with Gasteiger partial charge in [-0.05, 0) is 31.5 Å². The van der Waals surface area contributed by atoms with Crippen molar-refractivity contribution in [2.24, 2.45) is 0 Å². The average molecular weight is 577 g/mol. The Morgan fingerprint density at radius 1 is 0.707 bits per heavy atom. The zero-order chi connectivity index (χ0) is 29.6. The fourth-order valence-corrected chi connectivity index (χ4v) is 4.80. The highest BCUT2D eigenvalue weighted by Crippen LogP contribution is 2.35. The quantitative estimate of drug-likeness (QED) is 0.227. The molecule has 6 N–H and O–H groups in total. The smallest absolute Gasteiger partial charge is 0.229 e. The van der Waals surface area contributed by atoms with Crippen molar-refractivity contribution in [2.45, 2.75) is 75.3 Å². The fourth-order valence-electron chi connectivity index (χ4n) is 4.80. The molecule has 4 unspecified atom stereocenters. The van der Waals surface area contributed by atoms with Crippen molar-refractivity contribution >= 4 is 11.0 Å². The average Bonchev–Trinajstić information content (AvgIpc) is 2.96. The minimum absolute atomic E-state index is 0.00220. The fraction of sp³-hybridized carbons (Fsp3) is 0.464. The first kappa shape index (κ1) is 29.2. The van der Waals surface area contributed by atoms with Gasteiger partial charge in [-0.3, -0.25) is 4.79 Å². The SMILES string of the molecule is COc1ccc(-c2coc3cc(O[C@@H]4OC(C)[C@H](O)C(O)[C@@H]4O)cc(O[C@@H]4OC(C)[C@H](O)C(O)[C@@H]4O)c3c2=O)cc1. The normalized spacial score (nSPS) is 33.9. The van der Waals surface area contributed by atoms with Gasteiger partial charge in [-0.1, -0.05) is 12.1 Å². The van der Waals surface area contributed by atoms with Gasteiger partial charge in [-0.2, -0.15) is 0 Å².